The standard InChI is InChI=1S/C22H14Cl5N3O3/c23-14-5-7-19(33-11-12-4-6-15(24)17(26)8-12)13(9-14)10-28-30-22(32)21(31)29-18-3-1-2-16(25)20(18)27/h1-10H,11H2,(H,29,31)(H,30,32)/b28-10-. The third-order valence-electron chi connectivity index (χ3n) is 4.13. The Hall–Kier alpha value is -2.48. The molecule has 33 heavy (non-hydrogen) atoms. The minimum atomic E-state index is -1.01. The number of rotatable bonds is 6. The molecular weight excluding hydrogens is 532 g/mol. The number of carbonyl (C=O) groups excluding carboxylic acids is 2. The predicted molar refractivity (Wildman–Crippen MR) is 133 cm³/mol. The van der Waals surface area contributed by atoms with Crippen molar-refractivity contribution in [2.75, 3.05) is 5.32 Å². The molecule has 3 aromatic rings. The first kappa shape index (κ1) is 25.1. The number of nitrogens with one attached hydrogen (secondary N) is 2. The summed E-state index contributed by atoms with van der Waals surface area (Å²) < 4.78 is 5.81. The number of halogens is 5. The molecule has 0 heterocycles. The third kappa shape index (κ3) is 7.00. The highest BCUT2D eigenvalue weighted by atomic mass is 35.5. The van der Waals surface area contributed by atoms with Gasteiger partial charge in [-0.1, -0.05) is 70.1 Å². The van der Waals surface area contributed by atoms with Crippen LogP contribution in [0.5, 0.6) is 5.75 Å². The average molecular weight is 546 g/mol. The van der Waals surface area contributed by atoms with Gasteiger partial charge in [0.25, 0.3) is 0 Å². The lowest BCUT2D eigenvalue weighted by atomic mass is 10.2. The molecule has 0 aromatic heterocycles. The van der Waals surface area contributed by atoms with E-state index in [0.717, 1.165) is 5.56 Å². The summed E-state index contributed by atoms with van der Waals surface area (Å²) in [7, 11) is 0. The molecule has 0 bridgehead atoms. The van der Waals surface area contributed by atoms with Gasteiger partial charge in [0.2, 0.25) is 0 Å². The van der Waals surface area contributed by atoms with Crippen molar-refractivity contribution in [2.45, 2.75) is 6.61 Å². The van der Waals surface area contributed by atoms with E-state index in [2.05, 4.69) is 15.8 Å². The molecule has 6 nitrogen and oxygen atoms in total. The number of amides is 2. The fraction of sp³-hybridized carbons (Fsp3) is 0.0455. The second-order valence-corrected chi connectivity index (χ2v) is 8.51. The predicted octanol–water partition coefficient (Wildman–Crippen LogP) is 6.62. The summed E-state index contributed by atoms with van der Waals surface area (Å²) in [6.45, 7) is 0.203. The molecule has 0 saturated heterocycles. The smallest absolute Gasteiger partial charge is 0.329 e. The Morgan fingerprint density at radius 3 is 2.42 bits per heavy atom. The molecule has 2 N–H and O–H groups in total. The maximum atomic E-state index is 12.1. The van der Waals surface area contributed by atoms with E-state index in [-0.39, 0.29) is 22.3 Å². The first-order valence-electron chi connectivity index (χ1n) is 9.19. The highest BCUT2D eigenvalue weighted by Gasteiger charge is 2.15. The Kier molecular flexibility index (Phi) is 8.83. The lowest BCUT2D eigenvalue weighted by Crippen LogP contribution is -2.32. The summed E-state index contributed by atoms with van der Waals surface area (Å²) in [6, 6.07) is 14.7. The summed E-state index contributed by atoms with van der Waals surface area (Å²) in [5, 5.41) is 7.80. The third-order valence-corrected chi connectivity index (χ3v) is 5.92. The maximum Gasteiger partial charge on any atom is 0.329 e. The van der Waals surface area contributed by atoms with Crippen molar-refractivity contribution in [3.8, 4) is 5.75 Å². The van der Waals surface area contributed by atoms with Crippen molar-refractivity contribution in [3.05, 3.63) is 90.8 Å². The fourth-order valence-electron chi connectivity index (χ4n) is 2.53. The van der Waals surface area contributed by atoms with Crippen LogP contribution in [-0.2, 0) is 16.2 Å². The Balaban J connectivity index is 1.64. The lowest BCUT2D eigenvalue weighted by molar-refractivity contribution is -0.136. The summed E-state index contributed by atoms with van der Waals surface area (Å²) in [5.41, 5.74) is 3.60. The van der Waals surface area contributed by atoms with Crippen LogP contribution < -0.4 is 15.5 Å². The van der Waals surface area contributed by atoms with Gasteiger partial charge < -0.3 is 10.1 Å². The van der Waals surface area contributed by atoms with Gasteiger partial charge in [0.05, 0.1) is 32.0 Å². The van der Waals surface area contributed by atoms with Crippen LogP contribution in [0.2, 0.25) is 25.1 Å². The molecule has 3 rings (SSSR count). The number of nitrogens with zero attached hydrogens (tertiary/aromatic N) is 1. The molecule has 2 amide bonds. The normalized spacial score (nSPS) is 10.8. The number of hydrogen-bond donors (Lipinski definition) is 2. The molecule has 3 aromatic carbocycles. The molecule has 11 heteroatoms. The van der Waals surface area contributed by atoms with Crippen LogP contribution in [0.25, 0.3) is 0 Å². The molecular formula is C22H14Cl5N3O3. The molecule has 0 saturated carbocycles. The van der Waals surface area contributed by atoms with E-state index in [4.69, 9.17) is 62.7 Å². The van der Waals surface area contributed by atoms with Crippen LogP contribution in [0.3, 0.4) is 0 Å². The summed E-state index contributed by atoms with van der Waals surface area (Å²) in [5.74, 6) is -1.54. The van der Waals surface area contributed by atoms with E-state index < -0.39 is 11.8 Å². The molecule has 0 spiro atoms. The highest BCUT2D eigenvalue weighted by molar-refractivity contribution is 6.45. The molecule has 170 valence electrons. The topological polar surface area (TPSA) is 79.8 Å². The van der Waals surface area contributed by atoms with Gasteiger partial charge in [-0.25, -0.2) is 5.43 Å². The first-order chi connectivity index (χ1) is 15.7. The van der Waals surface area contributed by atoms with Gasteiger partial charge in [-0.3, -0.25) is 9.59 Å². The molecule has 0 aliphatic carbocycles. The van der Waals surface area contributed by atoms with Crippen LogP contribution in [-0.4, -0.2) is 18.0 Å². The SMILES string of the molecule is O=C(N/N=C\c1cc(Cl)ccc1OCc1ccc(Cl)c(Cl)c1)C(=O)Nc1cccc(Cl)c1Cl. The molecule has 0 aliphatic rings. The molecule has 0 aliphatic heterocycles. The van der Waals surface area contributed by atoms with E-state index in [0.29, 0.717) is 26.4 Å². The molecule has 0 fully saturated rings. The number of benzene rings is 3. The van der Waals surface area contributed by atoms with Crippen molar-refractivity contribution >= 4 is 81.7 Å². The van der Waals surface area contributed by atoms with E-state index in [1.54, 1.807) is 48.5 Å². The van der Waals surface area contributed by atoms with Gasteiger partial charge in [-0.15, -0.1) is 0 Å². The second kappa shape index (κ2) is 11.6. The zero-order chi connectivity index (χ0) is 24.0. The van der Waals surface area contributed by atoms with Crippen LogP contribution in [0.15, 0.2) is 59.7 Å². The monoisotopic (exact) mass is 543 g/mol. The van der Waals surface area contributed by atoms with E-state index in [9.17, 15) is 9.59 Å². The van der Waals surface area contributed by atoms with E-state index >= 15 is 0 Å². The lowest BCUT2D eigenvalue weighted by Gasteiger charge is -2.10. The number of hydrazone groups is 1. The Labute approximate surface area is 214 Å². The summed E-state index contributed by atoms with van der Waals surface area (Å²) in [6.07, 6.45) is 1.30. The van der Waals surface area contributed by atoms with Crippen molar-refractivity contribution in [1.82, 2.24) is 5.43 Å². The average Bonchev–Trinajstić information content (AvgIpc) is 2.78. The quantitative estimate of drug-likeness (QED) is 0.208. The largest absolute Gasteiger partial charge is 0.488 e. The molecule has 0 radical (unpaired) electrons. The van der Waals surface area contributed by atoms with Crippen molar-refractivity contribution in [3.63, 3.8) is 0 Å². The van der Waals surface area contributed by atoms with Crippen molar-refractivity contribution in [2.24, 2.45) is 5.10 Å². The minimum Gasteiger partial charge on any atom is -0.488 e. The van der Waals surface area contributed by atoms with Crippen LogP contribution in [0.4, 0.5) is 5.69 Å². The maximum absolute atomic E-state index is 12.1. The number of ether oxygens (including phenoxy) is 1. The zero-order valence-corrected chi connectivity index (χ0v) is 20.3. The van der Waals surface area contributed by atoms with E-state index in [1.165, 1.54) is 12.3 Å². The van der Waals surface area contributed by atoms with Crippen LogP contribution in [0, 0.1) is 0 Å². The molecule has 0 unspecified atom stereocenters. The van der Waals surface area contributed by atoms with Crippen LogP contribution in [0.1, 0.15) is 11.1 Å². The first-order valence-corrected chi connectivity index (χ1v) is 11.1. The Morgan fingerprint density at radius 2 is 1.67 bits per heavy atom. The molecule has 0 atom stereocenters. The van der Waals surface area contributed by atoms with Gasteiger partial charge in [0.15, 0.2) is 0 Å². The summed E-state index contributed by atoms with van der Waals surface area (Å²) >= 11 is 29.9. The van der Waals surface area contributed by atoms with Gasteiger partial charge in [-0.2, -0.15) is 5.10 Å². The minimum absolute atomic E-state index is 0.117. The van der Waals surface area contributed by atoms with E-state index in [1.807, 2.05) is 0 Å². The number of carbonyl (C=O) groups is 2. The van der Waals surface area contributed by atoms with Crippen molar-refractivity contribution < 1.29 is 14.3 Å². The number of anilines is 1. The van der Waals surface area contributed by atoms with Gasteiger partial charge in [0, 0.05) is 10.6 Å². The van der Waals surface area contributed by atoms with Gasteiger partial charge in [-0.05, 0) is 48.0 Å². The van der Waals surface area contributed by atoms with Crippen LogP contribution >= 0.6 is 58.0 Å². The number of hydrogen-bond acceptors (Lipinski definition) is 4. The Morgan fingerprint density at radius 1 is 0.879 bits per heavy atom. The highest BCUT2D eigenvalue weighted by Crippen LogP contribution is 2.29. The van der Waals surface area contributed by atoms with Gasteiger partial charge in [0.1, 0.15) is 12.4 Å². The zero-order valence-electron chi connectivity index (χ0n) is 16.5. The van der Waals surface area contributed by atoms with Crippen molar-refractivity contribution in [1.29, 1.82) is 0 Å². The fourth-order valence-corrected chi connectivity index (χ4v) is 3.38. The Bertz CT molecular complexity index is 1230. The second-order valence-electron chi connectivity index (χ2n) is 6.47. The summed E-state index contributed by atoms with van der Waals surface area (Å²) in [4.78, 5) is 24.1. The van der Waals surface area contributed by atoms with Gasteiger partial charge >= 0.3 is 11.8 Å².